The van der Waals surface area contributed by atoms with Gasteiger partial charge in [0.15, 0.2) is 11.5 Å². The lowest BCUT2D eigenvalue weighted by molar-refractivity contribution is 0.284. The minimum absolute atomic E-state index is 0.325. The summed E-state index contributed by atoms with van der Waals surface area (Å²) in [5, 5.41) is 1.16. The van der Waals surface area contributed by atoms with Crippen molar-refractivity contribution in [2.45, 2.75) is 13.0 Å². The summed E-state index contributed by atoms with van der Waals surface area (Å²) in [7, 11) is 1.58. The van der Waals surface area contributed by atoms with Gasteiger partial charge in [0.05, 0.1) is 12.1 Å². The van der Waals surface area contributed by atoms with Gasteiger partial charge < -0.3 is 15.2 Å². The summed E-state index contributed by atoms with van der Waals surface area (Å²) in [6.45, 7) is 0.880. The lowest BCUT2D eigenvalue weighted by Gasteiger charge is -2.14. The largest absolute Gasteiger partial charge is 0.493 e. The van der Waals surface area contributed by atoms with Gasteiger partial charge in [-0.25, -0.2) is 0 Å². The monoisotopic (exact) mass is 325 g/mol. The molecule has 0 radical (unpaired) electrons. The van der Waals surface area contributed by atoms with Gasteiger partial charge in [-0.3, -0.25) is 0 Å². The third kappa shape index (κ3) is 4.03. The average molecular weight is 326 g/mol. The zero-order valence-electron chi connectivity index (χ0n) is 11.7. The highest BCUT2D eigenvalue weighted by molar-refractivity contribution is 6.32. The lowest BCUT2D eigenvalue weighted by atomic mass is 10.1. The van der Waals surface area contributed by atoms with Gasteiger partial charge in [-0.2, -0.15) is 0 Å². The number of methoxy groups -OCH3 is 1. The number of halogens is 2. The molecule has 0 unspecified atom stereocenters. The van der Waals surface area contributed by atoms with E-state index in [1.54, 1.807) is 7.11 Å². The first kappa shape index (κ1) is 16.0. The van der Waals surface area contributed by atoms with Crippen LogP contribution < -0.4 is 15.2 Å². The molecule has 0 fully saturated rings. The van der Waals surface area contributed by atoms with Gasteiger partial charge in [0.2, 0.25) is 0 Å². The molecule has 5 heteroatoms. The Bertz CT molecular complexity index is 617. The summed E-state index contributed by atoms with van der Waals surface area (Å²) in [5.41, 5.74) is 7.47. The Hall–Kier alpha value is -1.42. The van der Waals surface area contributed by atoms with Crippen molar-refractivity contribution in [1.29, 1.82) is 0 Å². The van der Waals surface area contributed by atoms with Crippen LogP contribution in [-0.4, -0.2) is 13.7 Å². The molecule has 0 saturated heterocycles. The van der Waals surface area contributed by atoms with Crippen LogP contribution in [0.1, 0.15) is 11.1 Å². The first-order valence-corrected chi connectivity index (χ1v) is 7.34. The summed E-state index contributed by atoms with van der Waals surface area (Å²) in [6, 6.07) is 11.3. The molecule has 2 rings (SSSR count). The fourth-order valence-electron chi connectivity index (χ4n) is 1.99. The molecule has 0 spiro atoms. The molecule has 0 amide bonds. The van der Waals surface area contributed by atoms with Crippen molar-refractivity contribution in [3.05, 3.63) is 57.6 Å². The van der Waals surface area contributed by atoms with Crippen molar-refractivity contribution in [1.82, 2.24) is 0 Å². The molecule has 0 aliphatic rings. The first-order valence-electron chi connectivity index (χ1n) is 6.58. The molecular formula is C16H17Cl2NO2. The Balaban J connectivity index is 2.21. The smallest absolute Gasteiger partial charge is 0.180 e. The van der Waals surface area contributed by atoms with E-state index in [4.69, 9.17) is 38.4 Å². The fraction of sp³-hybridized carbons (Fsp3) is 0.250. The summed E-state index contributed by atoms with van der Waals surface area (Å²) in [4.78, 5) is 0. The molecule has 2 N–H and O–H groups in total. The minimum Gasteiger partial charge on any atom is -0.493 e. The Morgan fingerprint density at radius 2 is 1.86 bits per heavy atom. The zero-order chi connectivity index (χ0) is 15.2. The van der Waals surface area contributed by atoms with Crippen LogP contribution in [0.5, 0.6) is 11.5 Å². The van der Waals surface area contributed by atoms with Gasteiger partial charge >= 0.3 is 0 Å². The molecule has 0 heterocycles. The van der Waals surface area contributed by atoms with E-state index >= 15 is 0 Å². The highest BCUT2D eigenvalue weighted by atomic mass is 35.5. The van der Waals surface area contributed by atoms with Crippen LogP contribution in [-0.2, 0) is 13.0 Å². The number of hydrogen-bond acceptors (Lipinski definition) is 3. The summed E-state index contributed by atoms with van der Waals surface area (Å²) < 4.78 is 11.1. The first-order chi connectivity index (χ1) is 10.2. The molecule has 0 aromatic heterocycles. The fourth-order valence-corrected chi connectivity index (χ4v) is 2.47. The predicted molar refractivity (Wildman–Crippen MR) is 86.5 cm³/mol. The third-order valence-electron chi connectivity index (χ3n) is 3.05. The lowest BCUT2D eigenvalue weighted by Crippen LogP contribution is -2.04. The standard InChI is InChI=1S/C16H17Cl2NO2/c1-20-15-9-11(6-7-19)8-14(18)16(15)21-10-12-4-2-3-5-13(12)17/h2-5,8-9H,6-7,10,19H2,1H3. The molecule has 0 saturated carbocycles. The number of benzene rings is 2. The maximum atomic E-state index is 6.28. The zero-order valence-corrected chi connectivity index (χ0v) is 13.2. The molecule has 2 aromatic rings. The van der Waals surface area contributed by atoms with E-state index in [0.29, 0.717) is 34.7 Å². The molecule has 3 nitrogen and oxygen atoms in total. The highest BCUT2D eigenvalue weighted by Crippen LogP contribution is 2.37. The van der Waals surface area contributed by atoms with Gasteiger partial charge in [0.25, 0.3) is 0 Å². The summed E-state index contributed by atoms with van der Waals surface area (Å²) in [6.07, 6.45) is 0.737. The Labute approximate surface area is 134 Å². The van der Waals surface area contributed by atoms with E-state index in [0.717, 1.165) is 17.5 Å². The second-order valence-corrected chi connectivity index (χ2v) is 5.34. The second kappa shape index (κ2) is 7.55. The molecule has 0 aliphatic heterocycles. The van der Waals surface area contributed by atoms with Gasteiger partial charge in [0, 0.05) is 10.6 Å². The minimum atomic E-state index is 0.325. The molecule has 0 atom stereocenters. The molecular weight excluding hydrogens is 309 g/mol. The van der Waals surface area contributed by atoms with E-state index in [2.05, 4.69) is 0 Å². The Morgan fingerprint density at radius 3 is 2.52 bits per heavy atom. The van der Waals surface area contributed by atoms with Crippen LogP contribution in [0.15, 0.2) is 36.4 Å². The normalized spacial score (nSPS) is 10.5. The van der Waals surface area contributed by atoms with Crippen LogP contribution >= 0.6 is 23.2 Å². The van der Waals surface area contributed by atoms with Crippen molar-refractivity contribution in [3.63, 3.8) is 0 Å². The van der Waals surface area contributed by atoms with Crippen molar-refractivity contribution >= 4 is 23.2 Å². The average Bonchev–Trinajstić information content (AvgIpc) is 2.47. The van der Waals surface area contributed by atoms with Gasteiger partial charge in [-0.1, -0.05) is 41.4 Å². The van der Waals surface area contributed by atoms with Crippen LogP contribution in [0.25, 0.3) is 0 Å². The molecule has 112 valence electrons. The highest BCUT2D eigenvalue weighted by Gasteiger charge is 2.12. The molecule has 2 aromatic carbocycles. The van der Waals surface area contributed by atoms with E-state index < -0.39 is 0 Å². The Kier molecular flexibility index (Phi) is 5.74. The topological polar surface area (TPSA) is 44.5 Å². The quantitative estimate of drug-likeness (QED) is 0.870. The number of nitrogens with two attached hydrogens (primary N) is 1. The van der Waals surface area contributed by atoms with Crippen molar-refractivity contribution in [2.75, 3.05) is 13.7 Å². The molecule has 21 heavy (non-hydrogen) atoms. The van der Waals surface area contributed by atoms with E-state index in [1.165, 1.54) is 0 Å². The second-order valence-electron chi connectivity index (χ2n) is 4.53. The van der Waals surface area contributed by atoms with Gasteiger partial charge in [0.1, 0.15) is 6.61 Å². The van der Waals surface area contributed by atoms with Crippen LogP contribution in [0, 0.1) is 0 Å². The molecule has 0 bridgehead atoms. The van der Waals surface area contributed by atoms with Gasteiger partial charge in [-0.05, 0) is 36.7 Å². The number of ether oxygens (including phenoxy) is 2. The Morgan fingerprint density at radius 1 is 1.10 bits per heavy atom. The third-order valence-corrected chi connectivity index (χ3v) is 3.70. The van der Waals surface area contributed by atoms with Crippen molar-refractivity contribution in [2.24, 2.45) is 5.73 Å². The SMILES string of the molecule is COc1cc(CCN)cc(Cl)c1OCc1ccccc1Cl. The van der Waals surface area contributed by atoms with Crippen LogP contribution in [0.3, 0.4) is 0 Å². The maximum Gasteiger partial charge on any atom is 0.180 e. The summed E-state index contributed by atoms with van der Waals surface area (Å²) >= 11 is 12.4. The van der Waals surface area contributed by atoms with Gasteiger partial charge in [-0.15, -0.1) is 0 Å². The summed E-state index contributed by atoms with van der Waals surface area (Å²) in [5.74, 6) is 1.11. The van der Waals surface area contributed by atoms with E-state index in [9.17, 15) is 0 Å². The van der Waals surface area contributed by atoms with Crippen molar-refractivity contribution < 1.29 is 9.47 Å². The number of rotatable bonds is 6. The maximum absolute atomic E-state index is 6.28. The van der Waals surface area contributed by atoms with E-state index in [-0.39, 0.29) is 0 Å². The van der Waals surface area contributed by atoms with Crippen LogP contribution in [0.4, 0.5) is 0 Å². The van der Waals surface area contributed by atoms with E-state index in [1.807, 2.05) is 36.4 Å². The van der Waals surface area contributed by atoms with Crippen molar-refractivity contribution in [3.8, 4) is 11.5 Å². The molecule has 0 aliphatic carbocycles. The van der Waals surface area contributed by atoms with Crippen LogP contribution in [0.2, 0.25) is 10.0 Å². The number of hydrogen-bond donors (Lipinski definition) is 1. The predicted octanol–water partition coefficient (Wildman–Crippen LogP) is 4.08.